The van der Waals surface area contributed by atoms with Gasteiger partial charge in [0.25, 0.3) is 0 Å². The quantitative estimate of drug-likeness (QED) is 0.705. The van der Waals surface area contributed by atoms with Gasteiger partial charge in [-0.2, -0.15) is 0 Å². The van der Waals surface area contributed by atoms with E-state index in [1.807, 2.05) is 20.8 Å². The molecule has 5 aliphatic rings. The summed E-state index contributed by atoms with van der Waals surface area (Å²) in [5.74, 6) is 0.447. The summed E-state index contributed by atoms with van der Waals surface area (Å²) in [6.07, 6.45) is 8.29. The minimum Gasteiger partial charge on any atom is -0.467 e. The molecule has 1 heterocycles. The average Bonchev–Trinajstić information content (AvgIpc) is 3.32. The fraction of sp³-hybridized carbons (Fsp3) is 0.870. The number of rotatable bonds is 4. The largest absolute Gasteiger partial charge is 0.467 e. The molecule has 1 saturated heterocycles. The monoisotopic (exact) mass is 420 g/mol. The van der Waals surface area contributed by atoms with Crippen LogP contribution in [-0.2, 0) is 19.1 Å². The van der Waals surface area contributed by atoms with E-state index in [1.54, 1.807) is 4.90 Å². The highest BCUT2D eigenvalue weighted by molar-refractivity contribution is 5.91. The molecular formula is C23H36N2O5. The Labute approximate surface area is 179 Å². The van der Waals surface area contributed by atoms with Gasteiger partial charge in [0.1, 0.15) is 17.7 Å². The number of piperidine rings is 1. The van der Waals surface area contributed by atoms with Crippen molar-refractivity contribution in [2.75, 3.05) is 7.11 Å². The van der Waals surface area contributed by atoms with E-state index in [-0.39, 0.29) is 29.3 Å². The summed E-state index contributed by atoms with van der Waals surface area (Å²) in [7, 11) is 1.38. The Morgan fingerprint density at radius 2 is 1.67 bits per heavy atom. The van der Waals surface area contributed by atoms with Crippen LogP contribution in [0.2, 0.25) is 0 Å². The second-order valence-corrected chi connectivity index (χ2v) is 10.9. The molecule has 1 aliphatic heterocycles. The molecule has 168 valence electrons. The lowest BCUT2D eigenvalue weighted by Gasteiger charge is -2.51. The molecule has 0 radical (unpaired) electrons. The Balaban J connectivity index is 1.62. The van der Waals surface area contributed by atoms with E-state index < -0.39 is 23.8 Å². The number of nitrogens with one attached hydrogen (secondary N) is 1. The van der Waals surface area contributed by atoms with E-state index in [4.69, 9.17) is 9.47 Å². The Kier molecular flexibility index (Phi) is 5.52. The normalized spacial score (nSPS) is 35.8. The van der Waals surface area contributed by atoms with E-state index in [1.165, 1.54) is 7.11 Å². The predicted octanol–water partition coefficient (Wildman–Crippen LogP) is 3.40. The molecule has 0 aromatic rings. The Bertz CT molecular complexity index is 693. The van der Waals surface area contributed by atoms with E-state index >= 15 is 0 Å². The van der Waals surface area contributed by atoms with Gasteiger partial charge in [-0.05, 0) is 95.8 Å². The number of fused-ring (bicyclic) bond motifs is 5. The van der Waals surface area contributed by atoms with Gasteiger partial charge >= 0.3 is 12.1 Å². The Morgan fingerprint density at radius 1 is 1.03 bits per heavy atom. The van der Waals surface area contributed by atoms with E-state index in [0.717, 1.165) is 63.7 Å². The number of likely N-dealkylation sites (tertiary alicyclic amines) is 1. The topological polar surface area (TPSA) is 84.9 Å². The van der Waals surface area contributed by atoms with Crippen LogP contribution in [0.3, 0.4) is 0 Å². The zero-order chi connectivity index (χ0) is 21.7. The van der Waals surface area contributed by atoms with Crippen molar-refractivity contribution in [2.45, 2.75) is 102 Å². The van der Waals surface area contributed by atoms with Gasteiger partial charge in [0.05, 0.1) is 7.11 Å². The smallest absolute Gasteiger partial charge is 0.408 e. The third kappa shape index (κ3) is 3.80. The lowest BCUT2D eigenvalue weighted by molar-refractivity contribution is -0.158. The minimum atomic E-state index is -0.653. The molecule has 1 N–H and O–H groups in total. The van der Waals surface area contributed by atoms with Crippen LogP contribution in [0.5, 0.6) is 0 Å². The summed E-state index contributed by atoms with van der Waals surface area (Å²) >= 11 is 0. The number of carbonyl (C=O) groups excluding carboxylic acids is 3. The summed E-state index contributed by atoms with van der Waals surface area (Å²) in [5, 5.41) is 2.97. The van der Waals surface area contributed by atoms with Crippen molar-refractivity contribution < 1.29 is 23.9 Å². The van der Waals surface area contributed by atoms with Gasteiger partial charge in [0.15, 0.2) is 0 Å². The molecule has 5 rings (SSSR count). The van der Waals surface area contributed by atoms with Crippen molar-refractivity contribution in [2.24, 2.45) is 17.3 Å². The lowest BCUT2D eigenvalue weighted by Crippen LogP contribution is -2.63. The van der Waals surface area contributed by atoms with Crippen LogP contribution in [-0.4, -0.2) is 53.7 Å². The van der Waals surface area contributed by atoms with Crippen LogP contribution in [0.1, 0.15) is 78.6 Å². The highest BCUT2D eigenvalue weighted by atomic mass is 16.6. The molecule has 4 bridgehead atoms. The maximum atomic E-state index is 14.0. The summed E-state index contributed by atoms with van der Waals surface area (Å²) in [4.78, 5) is 41.1. The van der Waals surface area contributed by atoms with Gasteiger partial charge in [-0.15, -0.1) is 0 Å². The van der Waals surface area contributed by atoms with Crippen molar-refractivity contribution >= 4 is 18.0 Å². The van der Waals surface area contributed by atoms with Crippen LogP contribution < -0.4 is 5.32 Å². The number of esters is 1. The second kappa shape index (κ2) is 7.72. The fourth-order valence-electron chi connectivity index (χ4n) is 6.50. The third-order valence-corrected chi connectivity index (χ3v) is 7.95. The summed E-state index contributed by atoms with van der Waals surface area (Å²) in [6.45, 7) is 5.46. The zero-order valence-corrected chi connectivity index (χ0v) is 18.7. The number of amides is 2. The number of carbonyl (C=O) groups is 3. The van der Waals surface area contributed by atoms with E-state index in [9.17, 15) is 14.4 Å². The molecule has 0 aromatic heterocycles. The van der Waals surface area contributed by atoms with Gasteiger partial charge in [-0.1, -0.05) is 0 Å². The van der Waals surface area contributed by atoms with Crippen LogP contribution in [0.15, 0.2) is 0 Å². The highest BCUT2D eigenvalue weighted by Gasteiger charge is 2.57. The number of hydrogen-bond donors (Lipinski definition) is 1. The third-order valence-electron chi connectivity index (χ3n) is 7.95. The van der Waals surface area contributed by atoms with Gasteiger partial charge in [-0.25, -0.2) is 9.59 Å². The maximum absolute atomic E-state index is 14.0. The molecule has 0 spiro atoms. The number of methoxy groups -OCH3 is 1. The zero-order valence-electron chi connectivity index (χ0n) is 18.7. The first kappa shape index (κ1) is 21.4. The van der Waals surface area contributed by atoms with Crippen LogP contribution >= 0.6 is 0 Å². The Morgan fingerprint density at radius 3 is 2.23 bits per heavy atom. The van der Waals surface area contributed by atoms with Crippen LogP contribution in [0, 0.1) is 17.3 Å². The van der Waals surface area contributed by atoms with Crippen LogP contribution in [0.4, 0.5) is 4.79 Å². The summed E-state index contributed by atoms with van der Waals surface area (Å²) in [6, 6.07) is -1.12. The van der Waals surface area contributed by atoms with Crippen LogP contribution in [0.25, 0.3) is 0 Å². The molecule has 4 atom stereocenters. The van der Waals surface area contributed by atoms with Crippen molar-refractivity contribution in [1.82, 2.24) is 10.2 Å². The maximum Gasteiger partial charge on any atom is 0.408 e. The van der Waals surface area contributed by atoms with Gasteiger partial charge in [-0.3, -0.25) is 4.79 Å². The summed E-state index contributed by atoms with van der Waals surface area (Å²) < 4.78 is 10.6. The molecule has 4 saturated carbocycles. The molecule has 5 fully saturated rings. The molecule has 0 aromatic carbocycles. The van der Waals surface area contributed by atoms with E-state index in [2.05, 4.69) is 5.32 Å². The molecule has 30 heavy (non-hydrogen) atoms. The molecule has 7 heteroatoms. The molecule has 0 unspecified atom stereocenters. The number of nitrogens with zero attached hydrogens (tertiary/aromatic N) is 1. The Hall–Kier alpha value is -1.79. The van der Waals surface area contributed by atoms with Gasteiger partial charge in [0, 0.05) is 6.04 Å². The predicted molar refractivity (Wildman–Crippen MR) is 111 cm³/mol. The van der Waals surface area contributed by atoms with Gasteiger partial charge < -0.3 is 19.7 Å². The summed E-state index contributed by atoms with van der Waals surface area (Å²) in [5.41, 5.74) is -0.883. The molecule has 4 aliphatic carbocycles. The second-order valence-electron chi connectivity index (χ2n) is 10.9. The number of alkyl carbamates (subject to hydrolysis) is 1. The highest BCUT2D eigenvalue weighted by Crippen LogP contribution is 2.53. The first-order valence-electron chi connectivity index (χ1n) is 11.5. The van der Waals surface area contributed by atoms with Gasteiger partial charge in [0.2, 0.25) is 5.91 Å². The van der Waals surface area contributed by atoms with Crippen molar-refractivity contribution in [1.29, 1.82) is 0 Å². The van der Waals surface area contributed by atoms with Crippen molar-refractivity contribution in [3.05, 3.63) is 0 Å². The van der Waals surface area contributed by atoms with Crippen molar-refractivity contribution in [3.63, 3.8) is 0 Å². The minimum absolute atomic E-state index is 0.0610. The SMILES string of the molecule is COC(=O)[C@@H]1[C@H]2CC[C@H](C2)N1C(=O)[C@@H](NC(=O)OC(C)(C)C)C12CCC(CC1)CC2. The lowest BCUT2D eigenvalue weighted by atomic mass is 9.57. The van der Waals surface area contributed by atoms with Crippen molar-refractivity contribution in [3.8, 4) is 0 Å². The number of hydrogen-bond acceptors (Lipinski definition) is 5. The molecular weight excluding hydrogens is 384 g/mol. The standard InChI is InChI=1S/C23H36N2O5/c1-22(2,3)30-21(28)24-18(23-10-7-14(8-11-23)9-12-23)19(26)25-16-6-5-15(13-16)17(25)20(27)29-4/h14-18H,5-13H2,1-4H3,(H,24,28)/t14?,15-,16+,17-,18+,23?/m0/s1. The molecule has 7 nitrogen and oxygen atoms in total. The van der Waals surface area contributed by atoms with E-state index in [0.29, 0.717) is 0 Å². The fourth-order valence-corrected chi connectivity index (χ4v) is 6.50. The average molecular weight is 421 g/mol. The first-order valence-corrected chi connectivity index (χ1v) is 11.5. The molecule has 2 amide bonds. The first-order chi connectivity index (χ1) is 14.1. The number of ether oxygens (including phenoxy) is 2.